The van der Waals surface area contributed by atoms with Crippen molar-refractivity contribution < 1.29 is 58.2 Å². The number of ether oxygens (including phenoxy) is 5. The van der Waals surface area contributed by atoms with Crippen molar-refractivity contribution in [2.45, 2.75) is 24.9 Å². The van der Waals surface area contributed by atoms with E-state index in [-0.39, 0.29) is 103 Å². The molecule has 2 amide bonds. The van der Waals surface area contributed by atoms with Gasteiger partial charge >= 0.3 is 0 Å². The van der Waals surface area contributed by atoms with Gasteiger partial charge in [-0.3, -0.25) is 29.1 Å². The van der Waals surface area contributed by atoms with Gasteiger partial charge in [0.05, 0.1) is 67.6 Å². The van der Waals surface area contributed by atoms with Gasteiger partial charge in [0.15, 0.2) is 12.6 Å². The van der Waals surface area contributed by atoms with Crippen LogP contribution in [0.2, 0.25) is 0 Å². The second-order valence-corrected chi connectivity index (χ2v) is 12.6. The summed E-state index contributed by atoms with van der Waals surface area (Å²) >= 11 is 0. The van der Waals surface area contributed by atoms with Gasteiger partial charge in [0.25, 0.3) is 11.8 Å². The maximum absolute atomic E-state index is 13.2. The van der Waals surface area contributed by atoms with Crippen molar-refractivity contribution in [2.75, 3.05) is 73.1 Å². The molecule has 0 unspecified atom stereocenters. The number of aliphatic hydroxyl groups is 1. The number of hydrogen-bond donors (Lipinski definition) is 3. The van der Waals surface area contributed by atoms with Gasteiger partial charge in [-0.15, -0.1) is 0 Å². The number of benzene rings is 2. The summed E-state index contributed by atoms with van der Waals surface area (Å²) in [6.07, 6.45) is 7.70. The fraction of sp³-hybridized carbons (Fsp3) is 0.385. The molecule has 4 heterocycles. The summed E-state index contributed by atoms with van der Waals surface area (Å²) in [5.41, 5.74) is 1.59. The van der Waals surface area contributed by atoms with Crippen LogP contribution in [-0.2, 0) is 27.1 Å². The van der Waals surface area contributed by atoms with Crippen LogP contribution in [0.4, 0.5) is 0 Å². The van der Waals surface area contributed by atoms with Crippen molar-refractivity contribution in [3.05, 3.63) is 95.1 Å². The number of methoxy groups -OCH3 is 1. The minimum absolute atomic E-state index is 0.0521. The number of carbonyl (C=O) groups is 4. The first kappa shape index (κ1) is 42.1. The number of morpholine rings is 2. The largest absolute Gasteiger partial charge is 0.507 e. The molecule has 2 aliphatic heterocycles. The minimum Gasteiger partial charge on any atom is -0.507 e. The van der Waals surface area contributed by atoms with Gasteiger partial charge in [-0.05, 0) is 24.3 Å². The van der Waals surface area contributed by atoms with Crippen LogP contribution in [0.25, 0.3) is 0 Å². The molecule has 2 aromatic carbocycles. The molecule has 0 radical (unpaired) electrons. The zero-order valence-corrected chi connectivity index (χ0v) is 31.3. The summed E-state index contributed by atoms with van der Waals surface area (Å²) in [7, 11) is 1.59. The third-order valence-electron chi connectivity index (χ3n) is 9.01. The quantitative estimate of drug-likeness (QED) is 0.145. The predicted octanol–water partition coefficient (Wildman–Crippen LogP) is 1.55. The van der Waals surface area contributed by atoms with E-state index in [9.17, 15) is 34.5 Å². The molecular weight excluding hydrogens is 744 g/mol. The molecule has 4 aromatic rings. The number of hydrogen-bond acceptors (Lipinski definition) is 16. The Hall–Kier alpha value is -6.08. The fourth-order valence-electron chi connectivity index (χ4n) is 6.08. The van der Waals surface area contributed by atoms with Crippen molar-refractivity contribution in [3.8, 4) is 23.0 Å². The highest BCUT2D eigenvalue weighted by Crippen LogP contribution is 2.27. The van der Waals surface area contributed by atoms with E-state index in [0.29, 0.717) is 63.3 Å². The Morgan fingerprint density at radius 1 is 0.737 bits per heavy atom. The van der Waals surface area contributed by atoms with Gasteiger partial charge < -0.3 is 48.8 Å². The lowest BCUT2D eigenvalue weighted by Crippen LogP contribution is -2.51. The van der Waals surface area contributed by atoms with Gasteiger partial charge in [-0.1, -0.05) is 12.1 Å². The Balaban J connectivity index is 0.000000218. The molecule has 0 saturated carbocycles. The molecule has 18 heteroatoms. The average molecular weight is 789 g/mol. The first-order valence-corrected chi connectivity index (χ1v) is 18.1. The van der Waals surface area contributed by atoms with E-state index in [2.05, 4.69) is 19.9 Å². The van der Waals surface area contributed by atoms with Crippen LogP contribution < -0.4 is 9.47 Å². The van der Waals surface area contributed by atoms with Crippen molar-refractivity contribution in [3.63, 3.8) is 0 Å². The first-order chi connectivity index (χ1) is 27.8. The highest BCUT2D eigenvalue weighted by atomic mass is 16.5. The summed E-state index contributed by atoms with van der Waals surface area (Å²) in [5.74, 6) is -0.430. The Morgan fingerprint density at radius 3 is 1.63 bits per heavy atom. The Morgan fingerprint density at radius 2 is 1.19 bits per heavy atom. The highest BCUT2D eigenvalue weighted by Gasteiger charge is 2.33. The molecule has 2 saturated heterocycles. The fourth-order valence-corrected chi connectivity index (χ4v) is 6.08. The maximum Gasteiger partial charge on any atom is 0.274 e. The maximum atomic E-state index is 13.2. The summed E-state index contributed by atoms with van der Waals surface area (Å²) < 4.78 is 27.5. The second kappa shape index (κ2) is 21.3. The van der Waals surface area contributed by atoms with Crippen molar-refractivity contribution in [2.24, 2.45) is 0 Å². The second-order valence-electron chi connectivity index (χ2n) is 12.6. The minimum atomic E-state index is -0.410. The number of nitrogens with zero attached hydrogens (tertiary/aromatic N) is 6. The Kier molecular flexibility index (Phi) is 15.7. The highest BCUT2D eigenvalue weighted by molar-refractivity contribution is 5.94. The van der Waals surface area contributed by atoms with E-state index in [4.69, 9.17) is 23.7 Å². The first-order valence-electron chi connectivity index (χ1n) is 18.1. The molecule has 0 bridgehead atoms. The molecule has 18 nitrogen and oxygen atoms in total. The predicted molar refractivity (Wildman–Crippen MR) is 200 cm³/mol. The van der Waals surface area contributed by atoms with Crippen molar-refractivity contribution in [1.82, 2.24) is 29.7 Å². The molecule has 3 N–H and O–H groups in total. The van der Waals surface area contributed by atoms with Gasteiger partial charge in [0.1, 0.15) is 47.6 Å². The number of aromatic hydroxyl groups is 2. The molecule has 57 heavy (non-hydrogen) atoms. The zero-order valence-electron chi connectivity index (χ0n) is 31.3. The standard InChI is InChI=1S/C20H23N3O6.C19H21N3O6/c1-27-9-5-16-19(22-7-6-21-16)20(26)23-8-10-28-12-14(23)13-29-18-4-2-3-17(25)15(18)11-24;23-8-4-15-18(21-6-5-20-15)19(26)22-7-9-27-11-13(22)12-28-17-3-1-2-16(25)14(17)10-24/h2-4,6-7,11,14,25H,5,8-10,12-13H2,1H3;1-3,5-6,10,13,23,25H,4,7-9,11-12H2/t14-;13-/m00/s1. The lowest BCUT2D eigenvalue weighted by Gasteiger charge is -2.35. The van der Waals surface area contributed by atoms with Gasteiger partial charge in [0.2, 0.25) is 0 Å². The van der Waals surface area contributed by atoms with Gasteiger partial charge in [0, 0.05) is 64.4 Å². The number of aldehydes is 2. The lowest BCUT2D eigenvalue weighted by atomic mass is 10.1. The van der Waals surface area contributed by atoms with E-state index < -0.39 is 6.04 Å². The number of amides is 2. The van der Waals surface area contributed by atoms with Crippen LogP contribution in [-0.4, -0.2) is 155 Å². The van der Waals surface area contributed by atoms with E-state index in [1.807, 2.05) is 0 Å². The molecule has 6 rings (SSSR count). The van der Waals surface area contributed by atoms with Gasteiger partial charge in [-0.2, -0.15) is 0 Å². The average Bonchev–Trinajstić information content (AvgIpc) is 3.24. The van der Waals surface area contributed by atoms with E-state index in [1.54, 1.807) is 47.4 Å². The van der Waals surface area contributed by atoms with E-state index in [0.717, 1.165) is 0 Å². The number of carbonyl (C=O) groups excluding carboxylic acids is 4. The Bertz CT molecular complexity index is 1980. The summed E-state index contributed by atoms with van der Waals surface area (Å²) in [6.45, 7) is 2.53. The van der Waals surface area contributed by atoms with Gasteiger partial charge in [-0.25, -0.2) is 9.97 Å². The molecule has 302 valence electrons. The molecule has 2 aromatic heterocycles. The number of phenolic OH excluding ortho intramolecular Hbond substituents is 2. The van der Waals surface area contributed by atoms with Crippen LogP contribution in [0, 0.1) is 0 Å². The van der Waals surface area contributed by atoms with Crippen LogP contribution in [0.3, 0.4) is 0 Å². The topological polar surface area (TPSA) is 233 Å². The molecule has 0 aliphatic carbocycles. The Labute approximate surface area is 328 Å². The van der Waals surface area contributed by atoms with Crippen molar-refractivity contribution in [1.29, 1.82) is 0 Å². The summed E-state index contributed by atoms with van der Waals surface area (Å²) in [6, 6.07) is 8.32. The smallest absolute Gasteiger partial charge is 0.274 e. The van der Waals surface area contributed by atoms with Crippen LogP contribution in [0.5, 0.6) is 23.0 Å². The molecule has 2 aliphatic rings. The van der Waals surface area contributed by atoms with E-state index in [1.165, 1.54) is 30.7 Å². The van der Waals surface area contributed by atoms with Crippen LogP contribution in [0.1, 0.15) is 53.1 Å². The molecule has 2 atom stereocenters. The van der Waals surface area contributed by atoms with Crippen LogP contribution in [0.15, 0.2) is 61.2 Å². The SMILES string of the molecule is COCCc1nccnc1C(=O)N1CCOC[C@H]1COc1cccc(O)c1C=O.O=Cc1c(O)cccc1OC[C@@H]1COCCN1C(=O)c1nccnc1CCO. The zero-order chi connectivity index (χ0) is 40.6. The molecule has 2 fully saturated rings. The monoisotopic (exact) mass is 788 g/mol. The van der Waals surface area contributed by atoms with E-state index >= 15 is 0 Å². The number of rotatable bonds is 15. The van der Waals surface area contributed by atoms with Crippen molar-refractivity contribution >= 4 is 24.4 Å². The number of aromatic nitrogens is 4. The lowest BCUT2D eigenvalue weighted by molar-refractivity contribution is -0.0155. The summed E-state index contributed by atoms with van der Waals surface area (Å²) in [5, 5.41) is 28.7. The van der Waals surface area contributed by atoms with Crippen LogP contribution >= 0.6 is 0 Å². The summed E-state index contributed by atoms with van der Waals surface area (Å²) in [4.78, 5) is 68.6. The molecule has 0 spiro atoms. The molecular formula is C39H44N6O12. The normalized spacial score (nSPS) is 16.5. The number of aliphatic hydroxyl groups excluding tert-OH is 1. The third kappa shape index (κ3) is 10.8. The number of phenols is 2. The third-order valence-corrected chi connectivity index (χ3v) is 9.01.